The normalized spacial score (nSPS) is 15.7. The van der Waals surface area contributed by atoms with Gasteiger partial charge in [0, 0.05) is 25.5 Å². The van der Waals surface area contributed by atoms with Gasteiger partial charge in [0.05, 0.1) is 10.7 Å². The molecular formula is C18H22ClN3. The molecule has 1 aromatic carbocycles. The number of piperidine rings is 1. The standard InChI is InChI=1S/C18H22ClN3/c19-17-13-20-9-8-18(17)21-12-15-4-6-16(7-5-15)14-22-10-2-1-3-11-22/h4-9,13H,1-3,10-12,14H2,(H,20,21). The highest BCUT2D eigenvalue weighted by Gasteiger charge is 2.10. The van der Waals surface area contributed by atoms with Crippen LogP contribution in [0.5, 0.6) is 0 Å². The molecule has 0 saturated carbocycles. The SMILES string of the molecule is Clc1cnccc1NCc1ccc(CN2CCCCC2)cc1. The quantitative estimate of drug-likeness (QED) is 0.890. The van der Waals surface area contributed by atoms with Gasteiger partial charge in [0.2, 0.25) is 0 Å². The lowest BCUT2D eigenvalue weighted by Crippen LogP contribution is -2.29. The predicted octanol–water partition coefficient (Wildman–Crippen LogP) is 4.33. The van der Waals surface area contributed by atoms with E-state index in [0.29, 0.717) is 5.02 Å². The fourth-order valence-electron chi connectivity index (χ4n) is 2.85. The third-order valence-electron chi connectivity index (χ3n) is 4.13. The maximum Gasteiger partial charge on any atom is 0.0820 e. The van der Waals surface area contributed by atoms with Crippen LogP contribution >= 0.6 is 11.6 Å². The summed E-state index contributed by atoms with van der Waals surface area (Å²) in [6.07, 6.45) is 7.48. The third kappa shape index (κ3) is 4.21. The summed E-state index contributed by atoms with van der Waals surface area (Å²) in [6, 6.07) is 10.8. The number of nitrogens with zero attached hydrogens (tertiary/aromatic N) is 2. The molecule has 4 heteroatoms. The Morgan fingerprint density at radius 1 is 1.00 bits per heavy atom. The average Bonchev–Trinajstić information content (AvgIpc) is 2.56. The van der Waals surface area contributed by atoms with Gasteiger partial charge in [0.1, 0.15) is 0 Å². The number of halogens is 1. The Hall–Kier alpha value is -1.58. The van der Waals surface area contributed by atoms with E-state index in [9.17, 15) is 0 Å². The Labute approximate surface area is 137 Å². The molecular weight excluding hydrogens is 294 g/mol. The topological polar surface area (TPSA) is 28.2 Å². The highest BCUT2D eigenvalue weighted by atomic mass is 35.5. The van der Waals surface area contributed by atoms with E-state index in [4.69, 9.17) is 11.6 Å². The summed E-state index contributed by atoms with van der Waals surface area (Å²) >= 11 is 6.09. The minimum Gasteiger partial charge on any atom is -0.380 e. The van der Waals surface area contributed by atoms with Crippen molar-refractivity contribution in [3.05, 3.63) is 58.9 Å². The van der Waals surface area contributed by atoms with Gasteiger partial charge in [-0.1, -0.05) is 42.3 Å². The Bertz CT molecular complexity index is 592. The van der Waals surface area contributed by atoms with Crippen LogP contribution in [0.1, 0.15) is 30.4 Å². The number of hydrogen-bond donors (Lipinski definition) is 1. The van der Waals surface area contributed by atoms with E-state index in [0.717, 1.165) is 18.8 Å². The lowest BCUT2D eigenvalue weighted by molar-refractivity contribution is 0.221. The van der Waals surface area contributed by atoms with Gasteiger partial charge in [-0.2, -0.15) is 0 Å². The first-order chi connectivity index (χ1) is 10.8. The zero-order chi connectivity index (χ0) is 15.2. The molecule has 1 N–H and O–H groups in total. The number of pyridine rings is 1. The lowest BCUT2D eigenvalue weighted by Gasteiger charge is -2.26. The number of rotatable bonds is 5. The van der Waals surface area contributed by atoms with Gasteiger partial charge in [-0.15, -0.1) is 0 Å². The van der Waals surface area contributed by atoms with Crippen molar-refractivity contribution < 1.29 is 0 Å². The molecule has 0 amide bonds. The van der Waals surface area contributed by atoms with Gasteiger partial charge < -0.3 is 5.32 Å². The minimum absolute atomic E-state index is 0.657. The van der Waals surface area contributed by atoms with E-state index in [1.807, 2.05) is 6.07 Å². The molecule has 2 aromatic rings. The van der Waals surface area contributed by atoms with Crippen molar-refractivity contribution in [3.8, 4) is 0 Å². The van der Waals surface area contributed by atoms with Gasteiger partial charge in [-0.3, -0.25) is 9.88 Å². The Kier molecular flexibility index (Phi) is 5.30. The van der Waals surface area contributed by atoms with Crippen LogP contribution in [-0.4, -0.2) is 23.0 Å². The van der Waals surface area contributed by atoms with Crippen LogP contribution in [0.3, 0.4) is 0 Å². The zero-order valence-corrected chi connectivity index (χ0v) is 13.5. The molecule has 0 atom stereocenters. The number of likely N-dealkylation sites (tertiary alicyclic amines) is 1. The predicted molar refractivity (Wildman–Crippen MR) is 92.1 cm³/mol. The summed E-state index contributed by atoms with van der Waals surface area (Å²) in [5.41, 5.74) is 3.58. The molecule has 2 heterocycles. The first-order valence-corrected chi connectivity index (χ1v) is 8.32. The van der Waals surface area contributed by atoms with E-state index < -0.39 is 0 Å². The fraction of sp³-hybridized carbons (Fsp3) is 0.389. The Morgan fingerprint density at radius 3 is 2.45 bits per heavy atom. The molecule has 0 radical (unpaired) electrons. The molecule has 22 heavy (non-hydrogen) atoms. The van der Waals surface area contributed by atoms with Crippen LogP contribution in [0, 0.1) is 0 Å². The molecule has 1 fully saturated rings. The summed E-state index contributed by atoms with van der Waals surface area (Å²) in [5, 5.41) is 4.00. The van der Waals surface area contributed by atoms with Gasteiger partial charge in [0.15, 0.2) is 0 Å². The fourth-order valence-corrected chi connectivity index (χ4v) is 3.04. The maximum atomic E-state index is 6.09. The first-order valence-electron chi connectivity index (χ1n) is 7.95. The van der Waals surface area contributed by atoms with Gasteiger partial charge in [-0.25, -0.2) is 0 Å². The number of nitrogens with one attached hydrogen (secondary N) is 1. The highest BCUT2D eigenvalue weighted by molar-refractivity contribution is 6.33. The largest absolute Gasteiger partial charge is 0.380 e. The second kappa shape index (κ2) is 7.61. The van der Waals surface area contributed by atoms with E-state index in [1.165, 1.54) is 43.5 Å². The molecule has 1 aliphatic rings. The van der Waals surface area contributed by atoms with E-state index in [1.54, 1.807) is 12.4 Å². The Morgan fingerprint density at radius 2 is 1.73 bits per heavy atom. The number of aromatic nitrogens is 1. The molecule has 3 rings (SSSR count). The van der Waals surface area contributed by atoms with Crippen LogP contribution < -0.4 is 5.32 Å². The second-order valence-electron chi connectivity index (χ2n) is 5.86. The molecule has 1 aliphatic heterocycles. The summed E-state index contributed by atoms with van der Waals surface area (Å²) in [5.74, 6) is 0. The number of hydrogen-bond acceptors (Lipinski definition) is 3. The Balaban J connectivity index is 1.54. The first kappa shape index (κ1) is 15.3. The molecule has 3 nitrogen and oxygen atoms in total. The maximum absolute atomic E-state index is 6.09. The van der Waals surface area contributed by atoms with Crippen LogP contribution in [0.25, 0.3) is 0 Å². The van der Waals surface area contributed by atoms with E-state index >= 15 is 0 Å². The summed E-state index contributed by atoms with van der Waals surface area (Å²) in [6.45, 7) is 4.32. The summed E-state index contributed by atoms with van der Waals surface area (Å²) in [7, 11) is 0. The van der Waals surface area contributed by atoms with Crippen molar-refractivity contribution >= 4 is 17.3 Å². The van der Waals surface area contributed by atoms with Crippen LogP contribution in [0.2, 0.25) is 5.02 Å². The average molecular weight is 316 g/mol. The molecule has 0 unspecified atom stereocenters. The van der Waals surface area contributed by atoms with Gasteiger partial charge in [0.25, 0.3) is 0 Å². The molecule has 1 aromatic heterocycles. The molecule has 116 valence electrons. The van der Waals surface area contributed by atoms with Crippen molar-refractivity contribution in [2.24, 2.45) is 0 Å². The number of anilines is 1. The van der Waals surface area contributed by atoms with E-state index in [-0.39, 0.29) is 0 Å². The van der Waals surface area contributed by atoms with Crippen molar-refractivity contribution in [1.29, 1.82) is 0 Å². The second-order valence-corrected chi connectivity index (χ2v) is 6.27. The van der Waals surface area contributed by atoms with Gasteiger partial charge in [-0.05, 0) is 43.1 Å². The lowest BCUT2D eigenvalue weighted by atomic mass is 10.1. The van der Waals surface area contributed by atoms with Crippen LogP contribution in [0.15, 0.2) is 42.7 Å². The van der Waals surface area contributed by atoms with Crippen molar-refractivity contribution in [2.45, 2.75) is 32.4 Å². The van der Waals surface area contributed by atoms with Crippen LogP contribution in [0.4, 0.5) is 5.69 Å². The third-order valence-corrected chi connectivity index (χ3v) is 4.43. The molecule has 1 saturated heterocycles. The molecule has 0 spiro atoms. The highest BCUT2D eigenvalue weighted by Crippen LogP contribution is 2.20. The summed E-state index contributed by atoms with van der Waals surface area (Å²) in [4.78, 5) is 6.54. The van der Waals surface area contributed by atoms with Crippen LogP contribution in [-0.2, 0) is 13.1 Å². The van der Waals surface area contributed by atoms with E-state index in [2.05, 4.69) is 39.5 Å². The summed E-state index contributed by atoms with van der Waals surface area (Å²) < 4.78 is 0. The monoisotopic (exact) mass is 315 g/mol. The zero-order valence-electron chi connectivity index (χ0n) is 12.8. The number of benzene rings is 1. The molecule has 0 aliphatic carbocycles. The smallest absolute Gasteiger partial charge is 0.0820 e. The van der Waals surface area contributed by atoms with Crippen molar-refractivity contribution in [1.82, 2.24) is 9.88 Å². The van der Waals surface area contributed by atoms with Crippen molar-refractivity contribution in [3.63, 3.8) is 0 Å². The molecule has 0 bridgehead atoms. The van der Waals surface area contributed by atoms with Gasteiger partial charge >= 0.3 is 0 Å². The minimum atomic E-state index is 0.657. The van der Waals surface area contributed by atoms with Crippen molar-refractivity contribution in [2.75, 3.05) is 18.4 Å².